The van der Waals surface area contributed by atoms with Gasteiger partial charge in [-0.3, -0.25) is 9.59 Å². The second-order valence-corrected chi connectivity index (χ2v) is 7.16. The molecule has 8 heteroatoms. The van der Waals surface area contributed by atoms with Gasteiger partial charge in [0.05, 0.1) is 16.0 Å². The van der Waals surface area contributed by atoms with Gasteiger partial charge < -0.3 is 9.73 Å². The van der Waals surface area contributed by atoms with E-state index < -0.39 is 0 Å². The van der Waals surface area contributed by atoms with Crippen LogP contribution in [-0.4, -0.2) is 20.7 Å². The molecule has 1 N–H and O–H groups in total. The van der Waals surface area contributed by atoms with Crippen molar-refractivity contribution in [3.05, 3.63) is 69.7 Å². The number of carbonyl (C=O) groups is 1. The average Bonchev–Trinajstić information content (AvgIpc) is 3.33. The summed E-state index contributed by atoms with van der Waals surface area (Å²) in [4.78, 5) is 29.3. The normalized spacial score (nSPS) is 11.0. The van der Waals surface area contributed by atoms with Crippen molar-refractivity contribution in [2.75, 3.05) is 0 Å². The summed E-state index contributed by atoms with van der Waals surface area (Å²) in [7, 11) is 0. The second kappa shape index (κ2) is 7.16. The maximum absolute atomic E-state index is 12.7. The Morgan fingerprint density at radius 3 is 2.78 bits per heavy atom. The quantitative estimate of drug-likeness (QED) is 0.575. The van der Waals surface area contributed by atoms with Crippen LogP contribution in [0.5, 0.6) is 0 Å². The van der Waals surface area contributed by atoms with Gasteiger partial charge in [-0.25, -0.2) is 9.67 Å². The van der Waals surface area contributed by atoms with E-state index in [2.05, 4.69) is 15.4 Å². The van der Waals surface area contributed by atoms with Crippen molar-refractivity contribution in [3.63, 3.8) is 0 Å². The second-order valence-electron chi connectivity index (χ2n) is 5.96. The smallest absolute Gasteiger partial charge is 0.294 e. The molecule has 27 heavy (non-hydrogen) atoms. The first kappa shape index (κ1) is 17.2. The third-order valence-electron chi connectivity index (χ3n) is 3.99. The molecule has 0 aliphatic rings. The van der Waals surface area contributed by atoms with E-state index in [1.54, 1.807) is 18.4 Å². The number of rotatable bonds is 5. The van der Waals surface area contributed by atoms with Crippen LogP contribution in [0, 0.1) is 6.92 Å². The fraction of sp³-hybridized carbons (Fsp3) is 0.158. The van der Waals surface area contributed by atoms with E-state index in [1.165, 1.54) is 11.3 Å². The lowest BCUT2D eigenvalue weighted by atomic mass is 10.2. The van der Waals surface area contributed by atoms with Crippen LogP contribution < -0.4 is 10.9 Å². The molecule has 0 aliphatic heterocycles. The molecule has 0 aliphatic carbocycles. The predicted molar refractivity (Wildman–Crippen MR) is 102 cm³/mol. The zero-order valence-corrected chi connectivity index (χ0v) is 15.3. The summed E-state index contributed by atoms with van der Waals surface area (Å²) in [5.41, 5.74) is 1.40. The number of nitrogens with zero attached hydrogens (tertiary/aromatic N) is 3. The Morgan fingerprint density at radius 1 is 1.22 bits per heavy atom. The largest absolute Gasteiger partial charge is 0.463 e. The van der Waals surface area contributed by atoms with E-state index in [1.807, 2.05) is 37.3 Å². The molecule has 3 aromatic heterocycles. The molecule has 0 bridgehead atoms. The van der Waals surface area contributed by atoms with Gasteiger partial charge >= 0.3 is 0 Å². The highest BCUT2D eigenvalue weighted by Gasteiger charge is 2.19. The van der Waals surface area contributed by atoms with Crippen LogP contribution in [0.2, 0.25) is 0 Å². The minimum atomic E-state index is -0.389. The van der Waals surface area contributed by atoms with Crippen LogP contribution >= 0.6 is 11.3 Å². The summed E-state index contributed by atoms with van der Waals surface area (Å²) in [5, 5.41) is 7.93. The molecule has 0 radical (unpaired) electrons. The molecule has 4 rings (SSSR count). The standard InChI is InChI=1S/C19H16N4O3S/c1-12-21-17-18(27-12)16(14-8-5-9-26-14)22-23(19(17)25)11-15(24)20-10-13-6-3-2-4-7-13/h2-9H,10-11H2,1H3,(H,20,24). The van der Waals surface area contributed by atoms with Gasteiger partial charge in [0, 0.05) is 6.54 Å². The lowest BCUT2D eigenvalue weighted by Gasteiger charge is -2.08. The molecule has 1 amide bonds. The summed E-state index contributed by atoms with van der Waals surface area (Å²) < 4.78 is 7.24. The highest BCUT2D eigenvalue weighted by molar-refractivity contribution is 7.19. The SMILES string of the molecule is Cc1nc2c(=O)n(CC(=O)NCc3ccccc3)nc(-c3ccco3)c2s1. The van der Waals surface area contributed by atoms with Crippen molar-refractivity contribution in [1.29, 1.82) is 0 Å². The molecule has 1 aromatic carbocycles. The van der Waals surface area contributed by atoms with Gasteiger partial charge in [-0.15, -0.1) is 11.3 Å². The Balaban J connectivity index is 1.64. The van der Waals surface area contributed by atoms with Crippen molar-refractivity contribution in [3.8, 4) is 11.5 Å². The number of thiazole rings is 1. The molecule has 7 nitrogen and oxygen atoms in total. The van der Waals surface area contributed by atoms with E-state index >= 15 is 0 Å². The molecule has 3 heterocycles. The maximum Gasteiger partial charge on any atom is 0.294 e. The van der Waals surface area contributed by atoms with Gasteiger partial charge in [-0.2, -0.15) is 5.10 Å². The third-order valence-corrected chi connectivity index (χ3v) is 4.96. The van der Waals surface area contributed by atoms with Gasteiger partial charge in [0.25, 0.3) is 5.56 Å². The number of amides is 1. The summed E-state index contributed by atoms with van der Waals surface area (Å²) >= 11 is 1.38. The molecule has 136 valence electrons. The Morgan fingerprint density at radius 2 is 2.04 bits per heavy atom. The number of benzene rings is 1. The van der Waals surface area contributed by atoms with Gasteiger partial charge in [0.1, 0.15) is 12.2 Å². The number of hydrogen-bond acceptors (Lipinski definition) is 6. The number of carbonyl (C=O) groups excluding carboxylic acids is 1. The van der Waals surface area contributed by atoms with Crippen LogP contribution in [-0.2, 0) is 17.9 Å². The van der Waals surface area contributed by atoms with Crippen molar-refractivity contribution >= 4 is 27.5 Å². The molecule has 0 saturated heterocycles. The van der Waals surface area contributed by atoms with Gasteiger partial charge in [0.15, 0.2) is 11.3 Å². The molecule has 0 fully saturated rings. The maximum atomic E-state index is 12.7. The van der Waals surface area contributed by atoms with E-state index in [9.17, 15) is 9.59 Å². The third kappa shape index (κ3) is 3.52. The molecule has 0 atom stereocenters. The van der Waals surface area contributed by atoms with E-state index in [0.717, 1.165) is 15.3 Å². The summed E-state index contributed by atoms with van der Waals surface area (Å²) in [5.74, 6) is 0.229. The van der Waals surface area contributed by atoms with Crippen molar-refractivity contribution in [1.82, 2.24) is 20.1 Å². The first-order chi connectivity index (χ1) is 13.1. The number of fused-ring (bicyclic) bond motifs is 1. The molecule has 0 unspecified atom stereocenters. The minimum absolute atomic E-state index is 0.189. The van der Waals surface area contributed by atoms with Crippen LogP contribution in [0.4, 0.5) is 0 Å². The Kier molecular flexibility index (Phi) is 4.55. The molecule has 4 aromatic rings. The topological polar surface area (TPSA) is 90.0 Å². The summed E-state index contributed by atoms with van der Waals surface area (Å²) in [6.45, 7) is 2.02. The van der Waals surface area contributed by atoms with Gasteiger partial charge in [0.2, 0.25) is 5.91 Å². The van der Waals surface area contributed by atoms with E-state index in [0.29, 0.717) is 28.2 Å². The Bertz CT molecular complexity index is 1150. The zero-order chi connectivity index (χ0) is 18.8. The predicted octanol–water partition coefficient (Wildman–Crippen LogP) is 2.74. The molecule has 0 spiro atoms. The first-order valence-corrected chi connectivity index (χ1v) is 9.16. The van der Waals surface area contributed by atoms with E-state index in [-0.39, 0.29) is 18.0 Å². The zero-order valence-electron chi connectivity index (χ0n) is 14.5. The van der Waals surface area contributed by atoms with Crippen LogP contribution in [0.25, 0.3) is 21.7 Å². The van der Waals surface area contributed by atoms with E-state index in [4.69, 9.17) is 4.42 Å². The summed E-state index contributed by atoms with van der Waals surface area (Å²) in [6, 6.07) is 13.1. The lowest BCUT2D eigenvalue weighted by Crippen LogP contribution is -2.33. The van der Waals surface area contributed by atoms with Crippen molar-refractivity contribution < 1.29 is 9.21 Å². The lowest BCUT2D eigenvalue weighted by molar-refractivity contribution is -0.122. The first-order valence-electron chi connectivity index (χ1n) is 8.34. The van der Waals surface area contributed by atoms with Crippen LogP contribution in [0.15, 0.2) is 57.9 Å². The number of hydrogen-bond donors (Lipinski definition) is 1. The number of furan rings is 1. The van der Waals surface area contributed by atoms with Crippen molar-refractivity contribution in [2.45, 2.75) is 20.0 Å². The number of nitrogens with one attached hydrogen (secondary N) is 1. The molecular weight excluding hydrogens is 364 g/mol. The minimum Gasteiger partial charge on any atom is -0.463 e. The van der Waals surface area contributed by atoms with Crippen LogP contribution in [0.1, 0.15) is 10.6 Å². The number of aromatic nitrogens is 3. The monoisotopic (exact) mass is 380 g/mol. The molecule has 0 saturated carbocycles. The fourth-order valence-corrected chi connectivity index (χ4v) is 3.64. The van der Waals surface area contributed by atoms with Gasteiger partial charge in [-0.1, -0.05) is 30.3 Å². The average molecular weight is 380 g/mol. The highest BCUT2D eigenvalue weighted by atomic mass is 32.1. The summed E-state index contributed by atoms with van der Waals surface area (Å²) in [6.07, 6.45) is 1.54. The van der Waals surface area contributed by atoms with Gasteiger partial charge in [-0.05, 0) is 24.6 Å². The number of aryl methyl sites for hydroxylation is 1. The van der Waals surface area contributed by atoms with Crippen LogP contribution in [0.3, 0.4) is 0 Å². The Hall–Kier alpha value is -3.26. The van der Waals surface area contributed by atoms with Crippen molar-refractivity contribution in [2.24, 2.45) is 0 Å². The Labute approximate surface area is 158 Å². The highest BCUT2D eigenvalue weighted by Crippen LogP contribution is 2.29. The molecular formula is C19H16N4O3S. The fourth-order valence-electron chi connectivity index (χ4n) is 2.74.